The number of nitrogens with zero attached hydrogens (tertiary/aromatic N) is 3. The van der Waals surface area contributed by atoms with Crippen molar-refractivity contribution in [3.8, 4) is 5.69 Å². The molecule has 0 spiro atoms. The molecule has 1 atom stereocenters. The summed E-state index contributed by atoms with van der Waals surface area (Å²) in [4.78, 5) is 28.1. The van der Waals surface area contributed by atoms with Crippen LogP contribution in [0.5, 0.6) is 0 Å². The van der Waals surface area contributed by atoms with Crippen LogP contribution in [0.2, 0.25) is 5.02 Å². The van der Waals surface area contributed by atoms with E-state index >= 15 is 0 Å². The molecule has 0 radical (unpaired) electrons. The predicted octanol–water partition coefficient (Wildman–Crippen LogP) is 4.87. The second kappa shape index (κ2) is 8.13. The van der Waals surface area contributed by atoms with Gasteiger partial charge in [-0.2, -0.15) is 9.78 Å². The molecule has 0 aliphatic carbocycles. The molecule has 0 aliphatic heterocycles. The molecule has 3 aromatic carbocycles. The molecule has 6 heteroatoms. The van der Waals surface area contributed by atoms with Gasteiger partial charge in [-0.05, 0) is 42.8 Å². The number of carbonyl (C=O) groups is 1. The molecule has 1 aromatic heterocycles. The lowest BCUT2D eigenvalue weighted by atomic mass is 10.1. The third kappa shape index (κ3) is 3.60. The highest BCUT2D eigenvalue weighted by Crippen LogP contribution is 2.24. The molecule has 4 rings (SSSR count). The molecule has 1 heterocycles. The third-order valence-electron chi connectivity index (χ3n) is 5.26. The molecule has 150 valence electrons. The largest absolute Gasteiger partial charge is 0.334 e. The van der Waals surface area contributed by atoms with Gasteiger partial charge in [0.2, 0.25) is 0 Å². The SMILES string of the molecule is CC(c1ccc(Cl)cc1)N(C)C(=O)c1nn(-c2ccccc2)c(=O)c2ccccc12. The van der Waals surface area contributed by atoms with Gasteiger partial charge < -0.3 is 4.90 Å². The first-order valence-corrected chi connectivity index (χ1v) is 9.95. The first kappa shape index (κ1) is 19.9. The van der Waals surface area contributed by atoms with Crippen LogP contribution in [-0.4, -0.2) is 27.6 Å². The van der Waals surface area contributed by atoms with Crippen molar-refractivity contribution in [1.82, 2.24) is 14.7 Å². The Balaban J connectivity index is 1.83. The fourth-order valence-corrected chi connectivity index (χ4v) is 3.53. The number of benzene rings is 3. The van der Waals surface area contributed by atoms with E-state index in [-0.39, 0.29) is 23.2 Å². The summed E-state index contributed by atoms with van der Waals surface area (Å²) in [6, 6.07) is 23.4. The maximum absolute atomic E-state index is 13.5. The maximum atomic E-state index is 13.5. The number of amides is 1. The van der Waals surface area contributed by atoms with E-state index in [1.54, 1.807) is 60.5 Å². The van der Waals surface area contributed by atoms with Crippen molar-refractivity contribution in [3.63, 3.8) is 0 Å². The van der Waals surface area contributed by atoms with E-state index < -0.39 is 0 Å². The van der Waals surface area contributed by atoms with E-state index in [9.17, 15) is 9.59 Å². The van der Waals surface area contributed by atoms with E-state index in [1.165, 1.54) is 4.68 Å². The standard InChI is InChI=1S/C24H20ClN3O2/c1-16(17-12-14-18(25)15-13-17)27(2)24(30)22-20-10-6-7-11-21(20)23(29)28(26-22)19-8-4-3-5-9-19/h3-16H,1-2H3. The molecular weight excluding hydrogens is 398 g/mol. The van der Waals surface area contributed by atoms with E-state index in [4.69, 9.17) is 11.6 Å². The zero-order valence-electron chi connectivity index (χ0n) is 16.6. The molecule has 0 bridgehead atoms. The highest BCUT2D eigenvalue weighted by Gasteiger charge is 2.24. The summed E-state index contributed by atoms with van der Waals surface area (Å²) in [5.41, 5.74) is 1.53. The topological polar surface area (TPSA) is 55.2 Å². The molecule has 5 nitrogen and oxygen atoms in total. The summed E-state index contributed by atoms with van der Waals surface area (Å²) in [6.07, 6.45) is 0. The van der Waals surface area contributed by atoms with Gasteiger partial charge in [-0.3, -0.25) is 9.59 Å². The van der Waals surface area contributed by atoms with Crippen LogP contribution >= 0.6 is 11.6 Å². The lowest BCUT2D eigenvalue weighted by molar-refractivity contribution is 0.0737. The third-order valence-corrected chi connectivity index (χ3v) is 5.51. The van der Waals surface area contributed by atoms with Gasteiger partial charge in [-0.1, -0.05) is 60.1 Å². The van der Waals surface area contributed by atoms with Gasteiger partial charge in [0.15, 0.2) is 5.69 Å². The van der Waals surface area contributed by atoms with Crippen molar-refractivity contribution in [2.45, 2.75) is 13.0 Å². The molecular formula is C24H20ClN3O2. The van der Waals surface area contributed by atoms with Crippen LogP contribution in [0.1, 0.15) is 29.0 Å². The molecule has 0 fully saturated rings. The number of fused-ring (bicyclic) bond motifs is 1. The van der Waals surface area contributed by atoms with Gasteiger partial charge in [-0.15, -0.1) is 0 Å². The number of hydrogen-bond acceptors (Lipinski definition) is 3. The number of carbonyl (C=O) groups excluding carboxylic acids is 1. The minimum Gasteiger partial charge on any atom is -0.334 e. The molecule has 0 saturated carbocycles. The highest BCUT2D eigenvalue weighted by atomic mass is 35.5. The Kier molecular flexibility index (Phi) is 5.38. The zero-order chi connectivity index (χ0) is 21.3. The van der Waals surface area contributed by atoms with Crippen molar-refractivity contribution in [2.24, 2.45) is 0 Å². The zero-order valence-corrected chi connectivity index (χ0v) is 17.4. The average molecular weight is 418 g/mol. The molecule has 1 unspecified atom stereocenters. The second-order valence-electron chi connectivity index (χ2n) is 7.09. The normalized spacial score (nSPS) is 12.0. The summed E-state index contributed by atoms with van der Waals surface area (Å²) in [7, 11) is 1.73. The number of halogens is 1. The van der Waals surface area contributed by atoms with Crippen LogP contribution in [0.3, 0.4) is 0 Å². The molecule has 0 saturated heterocycles. The number of aromatic nitrogens is 2. The first-order chi connectivity index (χ1) is 14.5. The lowest BCUT2D eigenvalue weighted by Gasteiger charge is -2.25. The average Bonchev–Trinajstić information content (AvgIpc) is 2.79. The Bertz CT molecular complexity index is 1270. The number of rotatable bonds is 4. The smallest absolute Gasteiger partial charge is 0.279 e. The van der Waals surface area contributed by atoms with Gasteiger partial charge in [0.25, 0.3) is 11.5 Å². The van der Waals surface area contributed by atoms with Gasteiger partial charge >= 0.3 is 0 Å². The summed E-state index contributed by atoms with van der Waals surface area (Å²) in [5.74, 6) is -0.265. The molecule has 1 amide bonds. The van der Waals surface area contributed by atoms with Crippen LogP contribution in [-0.2, 0) is 0 Å². The van der Waals surface area contributed by atoms with Crippen LogP contribution in [0, 0.1) is 0 Å². The lowest BCUT2D eigenvalue weighted by Crippen LogP contribution is -2.33. The summed E-state index contributed by atoms with van der Waals surface area (Å²) in [5, 5.41) is 6.10. The number of para-hydroxylation sites is 1. The van der Waals surface area contributed by atoms with E-state index in [0.29, 0.717) is 21.5 Å². The first-order valence-electron chi connectivity index (χ1n) is 9.57. The fraction of sp³-hybridized carbons (Fsp3) is 0.125. The van der Waals surface area contributed by atoms with E-state index in [0.717, 1.165) is 5.56 Å². The van der Waals surface area contributed by atoms with Crippen LogP contribution in [0.4, 0.5) is 0 Å². The van der Waals surface area contributed by atoms with Crippen LogP contribution < -0.4 is 5.56 Å². The quantitative estimate of drug-likeness (QED) is 0.476. The Morgan fingerprint density at radius 1 is 0.933 bits per heavy atom. The van der Waals surface area contributed by atoms with Gasteiger partial charge in [0.1, 0.15) is 0 Å². The highest BCUT2D eigenvalue weighted by molar-refractivity contribution is 6.30. The monoisotopic (exact) mass is 417 g/mol. The summed E-state index contributed by atoms with van der Waals surface area (Å²) < 4.78 is 1.29. The molecule has 30 heavy (non-hydrogen) atoms. The Labute approximate surface area is 179 Å². The van der Waals surface area contributed by atoms with Crippen molar-refractivity contribution in [2.75, 3.05) is 7.05 Å². The number of hydrogen-bond donors (Lipinski definition) is 0. The van der Waals surface area contributed by atoms with Crippen LogP contribution in [0.15, 0.2) is 83.7 Å². The van der Waals surface area contributed by atoms with Gasteiger partial charge in [-0.25, -0.2) is 0 Å². The van der Waals surface area contributed by atoms with E-state index in [1.807, 2.05) is 37.3 Å². The Morgan fingerprint density at radius 2 is 1.53 bits per heavy atom. The van der Waals surface area contributed by atoms with E-state index in [2.05, 4.69) is 5.10 Å². The summed E-state index contributed by atoms with van der Waals surface area (Å²) >= 11 is 5.99. The van der Waals surface area contributed by atoms with Crippen LogP contribution in [0.25, 0.3) is 16.5 Å². The minimum atomic E-state index is -0.265. The van der Waals surface area contributed by atoms with Crippen molar-refractivity contribution in [1.29, 1.82) is 0 Å². The second-order valence-corrected chi connectivity index (χ2v) is 7.53. The maximum Gasteiger partial charge on any atom is 0.279 e. The fourth-order valence-electron chi connectivity index (χ4n) is 3.40. The van der Waals surface area contributed by atoms with Crippen molar-refractivity contribution >= 4 is 28.3 Å². The predicted molar refractivity (Wildman–Crippen MR) is 119 cm³/mol. The molecule has 0 N–H and O–H groups in total. The minimum absolute atomic E-state index is 0.201. The Hall–Kier alpha value is -3.44. The van der Waals surface area contributed by atoms with Crippen molar-refractivity contribution < 1.29 is 4.79 Å². The van der Waals surface area contributed by atoms with Gasteiger partial charge in [0.05, 0.1) is 17.1 Å². The molecule has 4 aromatic rings. The van der Waals surface area contributed by atoms with Gasteiger partial charge in [0, 0.05) is 17.5 Å². The van der Waals surface area contributed by atoms with Crippen molar-refractivity contribution in [3.05, 3.63) is 105 Å². The molecule has 0 aliphatic rings. The Morgan fingerprint density at radius 3 is 2.20 bits per heavy atom. The summed E-state index contributed by atoms with van der Waals surface area (Å²) in [6.45, 7) is 1.94.